The predicted octanol–water partition coefficient (Wildman–Crippen LogP) is 2.32. The highest BCUT2D eigenvalue weighted by Crippen LogP contribution is 2.26. The third kappa shape index (κ3) is 3.21. The summed E-state index contributed by atoms with van der Waals surface area (Å²) in [5.41, 5.74) is 6.55. The van der Waals surface area contributed by atoms with E-state index in [1.54, 1.807) is 6.07 Å². The van der Waals surface area contributed by atoms with Crippen molar-refractivity contribution in [3.05, 3.63) is 29.6 Å². The van der Waals surface area contributed by atoms with Crippen LogP contribution in [-0.2, 0) is 0 Å². The lowest BCUT2D eigenvalue weighted by atomic mass is 10.1. The van der Waals surface area contributed by atoms with Gasteiger partial charge in [-0.25, -0.2) is 4.39 Å². The number of nitrogens with two attached hydrogens (primary N) is 1. The Kier molecular flexibility index (Phi) is 4.55. The monoisotopic (exact) mass is 252 g/mol. The first-order chi connectivity index (χ1) is 8.68. The van der Waals surface area contributed by atoms with Gasteiger partial charge in [-0.15, -0.1) is 0 Å². The van der Waals surface area contributed by atoms with Gasteiger partial charge in [-0.3, -0.25) is 4.90 Å². The van der Waals surface area contributed by atoms with E-state index in [2.05, 4.69) is 4.90 Å². The Bertz CT molecular complexity index is 389. The van der Waals surface area contributed by atoms with Crippen molar-refractivity contribution in [3.63, 3.8) is 0 Å². The van der Waals surface area contributed by atoms with Gasteiger partial charge >= 0.3 is 0 Å². The van der Waals surface area contributed by atoms with E-state index in [-0.39, 0.29) is 11.9 Å². The van der Waals surface area contributed by atoms with Crippen LogP contribution in [0.25, 0.3) is 0 Å². The molecule has 1 heterocycles. The first-order valence-electron chi connectivity index (χ1n) is 6.57. The van der Waals surface area contributed by atoms with Crippen molar-refractivity contribution < 1.29 is 9.13 Å². The van der Waals surface area contributed by atoms with Crippen LogP contribution in [0.3, 0.4) is 0 Å². The van der Waals surface area contributed by atoms with Gasteiger partial charge in [-0.1, -0.05) is 12.1 Å². The van der Waals surface area contributed by atoms with Gasteiger partial charge < -0.3 is 10.5 Å². The first kappa shape index (κ1) is 13.3. The maximum atomic E-state index is 13.7. The number of rotatable bonds is 5. The van der Waals surface area contributed by atoms with Crippen LogP contribution >= 0.6 is 0 Å². The van der Waals surface area contributed by atoms with E-state index in [0.29, 0.717) is 12.4 Å². The summed E-state index contributed by atoms with van der Waals surface area (Å²) in [5.74, 6) is -0.0158. The summed E-state index contributed by atoms with van der Waals surface area (Å²) >= 11 is 0. The van der Waals surface area contributed by atoms with Crippen LogP contribution in [0.4, 0.5) is 4.39 Å². The molecule has 3 nitrogen and oxygen atoms in total. The standard InChI is InChI=1S/C14H21FN2O/c1-11(16)12-5-4-6-13(15)14(12)18-10-9-17-7-2-3-8-17/h4-6,11H,2-3,7-10,16H2,1H3/t11-/m0/s1. The molecule has 0 radical (unpaired) electrons. The smallest absolute Gasteiger partial charge is 0.165 e. The normalized spacial score (nSPS) is 17.9. The minimum Gasteiger partial charge on any atom is -0.489 e. The molecular weight excluding hydrogens is 231 g/mol. The summed E-state index contributed by atoms with van der Waals surface area (Å²) in [7, 11) is 0. The molecule has 0 amide bonds. The maximum Gasteiger partial charge on any atom is 0.165 e. The van der Waals surface area contributed by atoms with Crippen molar-refractivity contribution in [1.29, 1.82) is 0 Å². The second-order valence-corrected chi connectivity index (χ2v) is 4.84. The Labute approximate surface area is 108 Å². The van der Waals surface area contributed by atoms with E-state index in [1.807, 2.05) is 13.0 Å². The molecule has 1 atom stereocenters. The van der Waals surface area contributed by atoms with E-state index in [9.17, 15) is 4.39 Å². The number of hydrogen-bond acceptors (Lipinski definition) is 3. The van der Waals surface area contributed by atoms with Crippen molar-refractivity contribution in [2.24, 2.45) is 5.73 Å². The zero-order valence-corrected chi connectivity index (χ0v) is 10.9. The van der Waals surface area contributed by atoms with Crippen LogP contribution in [-0.4, -0.2) is 31.1 Å². The second-order valence-electron chi connectivity index (χ2n) is 4.84. The Balaban J connectivity index is 1.95. The lowest BCUT2D eigenvalue weighted by Gasteiger charge is -2.18. The molecule has 2 N–H and O–H groups in total. The van der Waals surface area contributed by atoms with Crippen LogP contribution in [0.1, 0.15) is 31.4 Å². The van der Waals surface area contributed by atoms with Gasteiger partial charge in [-0.2, -0.15) is 0 Å². The summed E-state index contributed by atoms with van der Waals surface area (Å²) < 4.78 is 19.3. The molecule has 0 bridgehead atoms. The minimum absolute atomic E-state index is 0.220. The Hall–Kier alpha value is -1.13. The molecule has 0 spiro atoms. The Morgan fingerprint density at radius 2 is 2.11 bits per heavy atom. The fraction of sp³-hybridized carbons (Fsp3) is 0.571. The molecule has 2 rings (SSSR count). The quantitative estimate of drug-likeness (QED) is 0.874. The van der Waals surface area contributed by atoms with Crippen LogP contribution in [0, 0.1) is 5.82 Å². The zero-order chi connectivity index (χ0) is 13.0. The van der Waals surface area contributed by atoms with E-state index in [0.717, 1.165) is 25.2 Å². The van der Waals surface area contributed by atoms with Crippen molar-refractivity contribution in [3.8, 4) is 5.75 Å². The van der Waals surface area contributed by atoms with E-state index >= 15 is 0 Å². The number of benzene rings is 1. The molecule has 100 valence electrons. The van der Waals surface area contributed by atoms with Crippen LogP contribution in [0.15, 0.2) is 18.2 Å². The van der Waals surface area contributed by atoms with E-state index in [4.69, 9.17) is 10.5 Å². The molecule has 1 aromatic rings. The molecule has 0 aromatic heterocycles. The van der Waals surface area contributed by atoms with Gasteiger partial charge in [0.05, 0.1) is 0 Å². The summed E-state index contributed by atoms with van der Waals surface area (Å²) in [5, 5.41) is 0. The van der Waals surface area contributed by atoms with Crippen molar-refractivity contribution in [1.82, 2.24) is 4.90 Å². The average Bonchev–Trinajstić information content (AvgIpc) is 2.84. The van der Waals surface area contributed by atoms with Crippen molar-refractivity contribution >= 4 is 0 Å². The summed E-state index contributed by atoms with van der Waals surface area (Å²) in [6, 6.07) is 4.68. The lowest BCUT2D eigenvalue weighted by Crippen LogP contribution is -2.25. The number of ether oxygens (including phenoxy) is 1. The lowest BCUT2D eigenvalue weighted by molar-refractivity contribution is 0.229. The zero-order valence-electron chi connectivity index (χ0n) is 10.9. The Morgan fingerprint density at radius 1 is 1.39 bits per heavy atom. The van der Waals surface area contributed by atoms with Crippen LogP contribution in [0.2, 0.25) is 0 Å². The van der Waals surface area contributed by atoms with Crippen molar-refractivity contribution in [2.75, 3.05) is 26.2 Å². The van der Waals surface area contributed by atoms with Crippen LogP contribution in [0.5, 0.6) is 5.75 Å². The molecule has 18 heavy (non-hydrogen) atoms. The molecule has 1 aliphatic rings. The molecule has 0 saturated carbocycles. The molecule has 1 aliphatic heterocycles. The highest BCUT2D eigenvalue weighted by molar-refractivity contribution is 5.36. The molecule has 1 fully saturated rings. The fourth-order valence-electron chi connectivity index (χ4n) is 2.32. The molecule has 0 aliphatic carbocycles. The molecule has 0 unspecified atom stereocenters. The van der Waals surface area contributed by atoms with Gasteiger partial charge in [0.25, 0.3) is 0 Å². The first-order valence-corrected chi connectivity index (χ1v) is 6.57. The SMILES string of the molecule is C[C@H](N)c1cccc(F)c1OCCN1CCCC1. The van der Waals surface area contributed by atoms with Gasteiger partial charge in [0.1, 0.15) is 6.61 Å². The number of likely N-dealkylation sites (tertiary alicyclic amines) is 1. The fourth-order valence-corrected chi connectivity index (χ4v) is 2.32. The number of para-hydroxylation sites is 1. The summed E-state index contributed by atoms with van der Waals surface area (Å²) in [4.78, 5) is 2.34. The predicted molar refractivity (Wildman–Crippen MR) is 70.2 cm³/mol. The summed E-state index contributed by atoms with van der Waals surface area (Å²) in [6.45, 7) is 5.46. The van der Waals surface area contributed by atoms with E-state index in [1.165, 1.54) is 18.9 Å². The number of halogens is 1. The van der Waals surface area contributed by atoms with Crippen LogP contribution < -0.4 is 10.5 Å². The molecule has 4 heteroatoms. The largest absolute Gasteiger partial charge is 0.489 e. The maximum absolute atomic E-state index is 13.7. The van der Waals surface area contributed by atoms with Crippen molar-refractivity contribution in [2.45, 2.75) is 25.8 Å². The Morgan fingerprint density at radius 3 is 2.78 bits per heavy atom. The third-order valence-electron chi connectivity index (χ3n) is 3.34. The minimum atomic E-state index is -0.328. The van der Waals surface area contributed by atoms with Gasteiger partial charge in [0.2, 0.25) is 0 Å². The molecular formula is C14H21FN2O. The summed E-state index contributed by atoms with van der Waals surface area (Å²) in [6.07, 6.45) is 2.51. The van der Waals surface area contributed by atoms with Gasteiger partial charge in [0.15, 0.2) is 11.6 Å². The molecule has 1 aromatic carbocycles. The van der Waals surface area contributed by atoms with Gasteiger partial charge in [-0.05, 0) is 38.9 Å². The highest BCUT2D eigenvalue weighted by atomic mass is 19.1. The number of nitrogens with zero attached hydrogens (tertiary/aromatic N) is 1. The molecule has 1 saturated heterocycles. The highest BCUT2D eigenvalue weighted by Gasteiger charge is 2.15. The number of hydrogen-bond donors (Lipinski definition) is 1. The average molecular weight is 252 g/mol. The van der Waals surface area contributed by atoms with Gasteiger partial charge in [0, 0.05) is 18.2 Å². The second kappa shape index (κ2) is 6.16. The third-order valence-corrected chi connectivity index (χ3v) is 3.34. The topological polar surface area (TPSA) is 38.5 Å². The van der Waals surface area contributed by atoms with E-state index < -0.39 is 0 Å².